The number of ether oxygens (including phenoxy) is 1. The van der Waals surface area contributed by atoms with Gasteiger partial charge in [0.15, 0.2) is 11.6 Å². The van der Waals surface area contributed by atoms with Crippen molar-refractivity contribution < 1.29 is 13.9 Å². The van der Waals surface area contributed by atoms with E-state index in [0.29, 0.717) is 43.5 Å². The quantitative estimate of drug-likeness (QED) is 0.780. The van der Waals surface area contributed by atoms with Gasteiger partial charge in [-0.1, -0.05) is 0 Å². The van der Waals surface area contributed by atoms with Crippen LogP contribution in [0, 0.1) is 25.6 Å². The fraction of sp³-hybridized carbons (Fsp3) is 0.533. The van der Waals surface area contributed by atoms with Gasteiger partial charge in [-0.3, -0.25) is 4.79 Å². The van der Waals surface area contributed by atoms with Crippen LogP contribution in [-0.2, 0) is 9.53 Å². The van der Waals surface area contributed by atoms with Crippen LogP contribution in [0.25, 0.3) is 5.82 Å². The summed E-state index contributed by atoms with van der Waals surface area (Å²) >= 11 is 0. The Hall–Kier alpha value is -2.58. The molecule has 2 aromatic heterocycles. The Morgan fingerprint density at radius 3 is 2.58 bits per heavy atom. The van der Waals surface area contributed by atoms with Gasteiger partial charge in [-0.15, -0.1) is 5.10 Å². The first-order chi connectivity index (χ1) is 11.5. The molecular weight excluding hydrogens is 315 g/mol. The number of carbonyl (C=O) groups excluding carboxylic acids is 1. The molecule has 0 bridgehead atoms. The summed E-state index contributed by atoms with van der Waals surface area (Å²) in [4.78, 5) is 26.1. The van der Waals surface area contributed by atoms with Gasteiger partial charge < -0.3 is 9.64 Å². The molecule has 3 heterocycles. The highest BCUT2D eigenvalue weighted by Gasteiger charge is 2.27. The molecule has 0 aliphatic carbocycles. The maximum atomic E-state index is 14.1. The van der Waals surface area contributed by atoms with Crippen molar-refractivity contribution >= 4 is 11.9 Å². The predicted molar refractivity (Wildman–Crippen MR) is 83.3 cm³/mol. The minimum atomic E-state index is -0.559. The summed E-state index contributed by atoms with van der Waals surface area (Å²) in [7, 11) is 1.40. The summed E-state index contributed by atoms with van der Waals surface area (Å²) in [5.74, 6) is 0.744. The zero-order valence-corrected chi connectivity index (χ0v) is 13.9. The average Bonchev–Trinajstić information content (AvgIpc) is 2.93. The van der Waals surface area contributed by atoms with Crippen LogP contribution in [0.2, 0.25) is 0 Å². The molecule has 0 aromatic carbocycles. The average molecular weight is 334 g/mol. The lowest BCUT2D eigenvalue weighted by Crippen LogP contribution is -2.37. The summed E-state index contributed by atoms with van der Waals surface area (Å²) in [6.07, 6.45) is 2.45. The number of anilines is 1. The van der Waals surface area contributed by atoms with Gasteiger partial charge in [0.05, 0.1) is 19.2 Å². The maximum absolute atomic E-state index is 14.1. The number of aryl methyl sites for hydroxylation is 2. The van der Waals surface area contributed by atoms with Crippen molar-refractivity contribution in [2.45, 2.75) is 26.7 Å². The Bertz CT molecular complexity index is 754. The lowest BCUT2D eigenvalue weighted by Gasteiger charge is -2.30. The third kappa shape index (κ3) is 3.06. The highest BCUT2D eigenvalue weighted by molar-refractivity contribution is 5.72. The monoisotopic (exact) mass is 334 g/mol. The summed E-state index contributed by atoms with van der Waals surface area (Å²) < 4.78 is 20.3. The third-order valence-corrected chi connectivity index (χ3v) is 4.10. The molecule has 128 valence electrons. The molecule has 1 saturated heterocycles. The Labute approximate surface area is 138 Å². The lowest BCUT2D eigenvalue weighted by molar-refractivity contribution is -0.146. The smallest absolute Gasteiger partial charge is 0.308 e. The SMILES string of the molecule is COC(=O)C1CCN(c2ncc(F)c(-n3nc(C)nc3C)n2)CC1. The maximum Gasteiger partial charge on any atom is 0.308 e. The van der Waals surface area contributed by atoms with Gasteiger partial charge in [0.2, 0.25) is 5.95 Å². The van der Waals surface area contributed by atoms with Gasteiger partial charge in [-0.25, -0.2) is 14.4 Å². The van der Waals surface area contributed by atoms with E-state index in [9.17, 15) is 9.18 Å². The van der Waals surface area contributed by atoms with Crippen LogP contribution < -0.4 is 4.90 Å². The number of hydrogen-bond donors (Lipinski definition) is 0. The van der Waals surface area contributed by atoms with Crippen LogP contribution in [0.3, 0.4) is 0 Å². The first kappa shape index (κ1) is 16.3. The number of rotatable bonds is 3. The molecule has 3 rings (SSSR count). The van der Waals surface area contributed by atoms with Gasteiger partial charge in [-0.2, -0.15) is 9.67 Å². The number of piperidine rings is 1. The van der Waals surface area contributed by atoms with Crippen LogP contribution >= 0.6 is 0 Å². The second-order valence-electron chi connectivity index (χ2n) is 5.74. The van der Waals surface area contributed by atoms with Crippen LogP contribution in [0.4, 0.5) is 10.3 Å². The molecule has 0 atom stereocenters. The van der Waals surface area contributed by atoms with Gasteiger partial charge in [0.25, 0.3) is 0 Å². The first-order valence-corrected chi connectivity index (χ1v) is 7.75. The van der Waals surface area contributed by atoms with Gasteiger partial charge in [0.1, 0.15) is 11.6 Å². The van der Waals surface area contributed by atoms with E-state index in [1.807, 2.05) is 4.90 Å². The van der Waals surface area contributed by atoms with Crippen molar-refractivity contribution in [1.29, 1.82) is 0 Å². The van der Waals surface area contributed by atoms with E-state index in [1.165, 1.54) is 11.8 Å². The zero-order chi connectivity index (χ0) is 17.3. The highest BCUT2D eigenvalue weighted by atomic mass is 19.1. The summed E-state index contributed by atoms with van der Waals surface area (Å²) in [6, 6.07) is 0. The minimum absolute atomic E-state index is 0.0770. The fourth-order valence-corrected chi connectivity index (χ4v) is 2.85. The molecule has 1 aliphatic rings. The summed E-state index contributed by atoms with van der Waals surface area (Å²) in [6.45, 7) is 4.70. The van der Waals surface area contributed by atoms with Crippen LogP contribution in [0.15, 0.2) is 6.20 Å². The van der Waals surface area contributed by atoms with E-state index in [-0.39, 0.29) is 17.7 Å². The Balaban J connectivity index is 1.82. The van der Waals surface area contributed by atoms with Crippen LogP contribution in [-0.4, -0.2) is 50.9 Å². The highest BCUT2D eigenvalue weighted by Crippen LogP contribution is 2.23. The molecule has 0 spiro atoms. The van der Waals surface area contributed by atoms with Gasteiger partial charge in [-0.05, 0) is 26.7 Å². The molecule has 1 fully saturated rings. The molecule has 2 aromatic rings. The molecule has 8 nitrogen and oxygen atoms in total. The van der Waals surface area contributed by atoms with E-state index in [1.54, 1.807) is 13.8 Å². The zero-order valence-electron chi connectivity index (χ0n) is 13.9. The number of methoxy groups -OCH3 is 1. The van der Waals surface area contributed by atoms with E-state index in [4.69, 9.17) is 4.74 Å². The largest absolute Gasteiger partial charge is 0.469 e. The van der Waals surface area contributed by atoms with Crippen molar-refractivity contribution in [3.63, 3.8) is 0 Å². The summed E-state index contributed by atoms with van der Waals surface area (Å²) in [5, 5.41) is 4.17. The molecule has 9 heteroatoms. The van der Waals surface area contributed by atoms with Gasteiger partial charge >= 0.3 is 5.97 Å². The van der Waals surface area contributed by atoms with Crippen molar-refractivity contribution in [3.8, 4) is 5.82 Å². The topological polar surface area (TPSA) is 86.0 Å². The molecule has 0 amide bonds. The van der Waals surface area contributed by atoms with Crippen LogP contribution in [0.5, 0.6) is 0 Å². The second-order valence-corrected chi connectivity index (χ2v) is 5.74. The predicted octanol–water partition coefficient (Wildman–Crippen LogP) is 1.20. The molecule has 1 aliphatic heterocycles. The molecular formula is C15H19FN6O2. The van der Waals surface area contributed by atoms with Crippen LogP contribution in [0.1, 0.15) is 24.5 Å². The Kier molecular flexibility index (Phi) is 4.41. The van der Waals surface area contributed by atoms with Crippen molar-refractivity contribution in [2.24, 2.45) is 5.92 Å². The standard InChI is InChI=1S/C15H19FN6O2/c1-9-18-10(2)22(20-9)13-12(16)8-17-15(19-13)21-6-4-11(5-7-21)14(23)24-3/h8,11H,4-7H2,1-3H3. The number of aromatic nitrogens is 5. The first-order valence-electron chi connectivity index (χ1n) is 7.75. The molecule has 0 N–H and O–H groups in total. The van der Waals surface area contributed by atoms with Crippen molar-refractivity contribution in [2.75, 3.05) is 25.1 Å². The second kappa shape index (κ2) is 6.50. The normalized spacial score (nSPS) is 15.6. The van der Waals surface area contributed by atoms with E-state index in [0.717, 1.165) is 6.20 Å². The number of esters is 1. The minimum Gasteiger partial charge on any atom is -0.469 e. The van der Waals surface area contributed by atoms with Crippen molar-refractivity contribution in [3.05, 3.63) is 23.7 Å². The van der Waals surface area contributed by atoms with Gasteiger partial charge in [0, 0.05) is 13.1 Å². The lowest BCUT2D eigenvalue weighted by atomic mass is 9.97. The van der Waals surface area contributed by atoms with E-state index in [2.05, 4.69) is 20.1 Å². The van der Waals surface area contributed by atoms with Crippen molar-refractivity contribution in [1.82, 2.24) is 24.7 Å². The number of nitrogens with zero attached hydrogens (tertiary/aromatic N) is 6. The van der Waals surface area contributed by atoms with E-state index < -0.39 is 5.82 Å². The molecule has 0 unspecified atom stereocenters. The summed E-state index contributed by atoms with van der Waals surface area (Å²) in [5.41, 5.74) is 0. The number of carbonyl (C=O) groups is 1. The number of hydrogen-bond acceptors (Lipinski definition) is 7. The molecule has 24 heavy (non-hydrogen) atoms. The number of halogens is 1. The Morgan fingerprint density at radius 2 is 2.00 bits per heavy atom. The fourth-order valence-electron chi connectivity index (χ4n) is 2.85. The Morgan fingerprint density at radius 1 is 1.29 bits per heavy atom. The molecule has 0 saturated carbocycles. The van der Waals surface area contributed by atoms with E-state index >= 15 is 0 Å². The molecule has 0 radical (unpaired) electrons. The third-order valence-electron chi connectivity index (χ3n) is 4.10.